The second-order valence-electron chi connectivity index (χ2n) is 6.67. The largest absolute Gasteiger partial charge is 0.444 e. The van der Waals surface area contributed by atoms with Crippen molar-refractivity contribution in [2.45, 2.75) is 46.1 Å². The molecule has 4 N–H and O–H groups in total. The average molecular weight is 366 g/mol. The van der Waals surface area contributed by atoms with Crippen LogP contribution in [0.4, 0.5) is 16.6 Å². The minimum absolute atomic E-state index is 0.261. The van der Waals surface area contributed by atoms with Gasteiger partial charge < -0.3 is 26.0 Å². The lowest BCUT2D eigenvalue weighted by atomic mass is 10.2. The Hall–Kier alpha value is -2.58. The molecule has 0 bridgehead atoms. The lowest BCUT2D eigenvalue weighted by Gasteiger charge is -2.19. The quantitative estimate of drug-likeness (QED) is 0.494. The zero-order valence-corrected chi connectivity index (χ0v) is 16.2. The molecule has 1 aromatic heterocycles. The maximum absolute atomic E-state index is 12.3. The smallest absolute Gasteiger partial charge is 0.407 e. The van der Waals surface area contributed by atoms with Crippen molar-refractivity contribution >= 4 is 23.8 Å². The summed E-state index contributed by atoms with van der Waals surface area (Å²) in [5.41, 5.74) is -0.141. The van der Waals surface area contributed by atoms with Crippen molar-refractivity contribution < 1.29 is 14.3 Å². The fraction of sp³-hybridized carbons (Fsp3) is 0.647. The van der Waals surface area contributed by atoms with Gasteiger partial charge in [-0.15, -0.1) is 0 Å². The third-order valence-electron chi connectivity index (χ3n) is 3.11. The van der Waals surface area contributed by atoms with E-state index in [2.05, 4.69) is 31.2 Å². The molecular formula is C17H30N6O3. The van der Waals surface area contributed by atoms with E-state index in [1.54, 1.807) is 27.8 Å². The molecule has 0 aromatic carbocycles. The van der Waals surface area contributed by atoms with Crippen LogP contribution in [0.25, 0.3) is 0 Å². The molecule has 1 heterocycles. The zero-order chi connectivity index (χ0) is 19.6. The lowest BCUT2D eigenvalue weighted by Crippen LogP contribution is -2.34. The Balaban J connectivity index is 2.46. The predicted octanol–water partition coefficient (Wildman–Crippen LogP) is 1.98. The van der Waals surface area contributed by atoms with Gasteiger partial charge in [-0.05, 0) is 33.6 Å². The first-order valence-corrected chi connectivity index (χ1v) is 8.80. The summed E-state index contributed by atoms with van der Waals surface area (Å²) >= 11 is 0. The van der Waals surface area contributed by atoms with Gasteiger partial charge in [0.1, 0.15) is 17.0 Å². The van der Waals surface area contributed by atoms with E-state index in [4.69, 9.17) is 4.74 Å². The van der Waals surface area contributed by atoms with Crippen molar-refractivity contribution in [1.82, 2.24) is 20.6 Å². The normalized spacial score (nSPS) is 10.8. The topological polar surface area (TPSA) is 117 Å². The summed E-state index contributed by atoms with van der Waals surface area (Å²) in [6, 6.07) is 0. The first kappa shape index (κ1) is 21.5. The highest BCUT2D eigenvalue weighted by Crippen LogP contribution is 2.13. The lowest BCUT2D eigenvalue weighted by molar-refractivity contribution is 0.0527. The summed E-state index contributed by atoms with van der Waals surface area (Å²) < 4.78 is 5.14. The molecule has 0 unspecified atom stereocenters. The molecule has 9 nitrogen and oxygen atoms in total. The van der Waals surface area contributed by atoms with Crippen LogP contribution < -0.4 is 21.3 Å². The van der Waals surface area contributed by atoms with Gasteiger partial charge in [0.2, 0.25) is 5.95 Å². The molecule has 0 atom stereocenters. The molecule has 2 amide bonds. The van der Waals surface area contributed by atoms with Gasteiger partial charge in [0.05, 0.1) is 0 Å². The average Bonchev–Trinajstić information content (AvgIpc) is 2.57. The Morgan fingerprint density at radius 3 is 2.46 bits per heavy atom. The Bertz CT molecular complexity index is 601. The number of carbonyl (C=O) groups excluding carboxylic acids is 2. The van der Waals surface area contributed by atoms with E-state index in [9.17, 15) is 9.59 Å². The number of rotatable bonds is 9. The Morgan fingerprint density at radius 2 is 1.85 bits per heavy atom. The summed E-state index contributed by atoms with van der Waals surface area (Å²) in [6.45, 7) is 8.97. The molecule has 0 aliphatic carbocycles. The van der Waals surface area contributed by atoms with Gasteiger partial charge in [-0.2, -0.15) is 4.98 Å². The monoisotopic (exact) mass is 366 g/mol. The van der Waals surface area contributed by atoms with Gasteiger partial charge in [0, 0.05) is 32.9 Å². The SMILES string of the molecule is CCCNc1nc(NC)ncc1C(=O)NCCCNC(=O)OC(C)(C)C. The van der Waals surface area contributed by atoms with Crippen LogP contribution in [0.15, 0.2) is 6.20 Å². The number of aromatic nitrogens is 2. The van der Waals surface area contributed by atoms with Crippen LogP contribution in [-0.2, 0) is 4.74 Å². The van der Waals surface area contributed by atoms with Crippen molar-refractivity contribution in [3.05, 3.63) is 11.8 Å². The van der Waals surface area contributed by atoms with E-state index < -0.39 is 11.7 Å². The maximum atomic E-state index is 12.3. The Kier molecular flexibility index (Phi) is 8.60. The standard InChI is InChI=1S/C17H30N6O3/c1-6-8-19-13-12(11-22-15(18-5)23-13)14(24)20-9-7-10-21-16(25)26-17(2,3)4/h11H,6-10H2,1-5H3,(H,20,24)(H,21,25)(H2,18,19,22,23). The number of nitrogens with one attached hydrogen (secondary N) is 4. The molecule has 0 radical (unpaired) electrons. The second kappa shape index (κ2) is 10.4. The highest BCUT2D eigenvalue weighted by atomic mass is 16.6. The van der Waals surface area contributed by atoms with Crippen LogP contribution in [0.2, 0.25) is 0 Å². The molecule has 0 aliphatic heterocycles. The third kappa shape index (κ3) is 8.00. The first-order valence-electron chi connectivity index (χ1n) is 8.80. The summed E-state index contributed by atoms with van der Waals surface area (Å²) in [5.74, 6) is 0.681. The molecule has 0 spiro atoms. The molecule has 9 heteroatoms. The van der Waals surface area contributed by atoms with Crippen molar-refractivity contribution in [3.8, 4) is 0 Å². The molecule has 26 heavy (non-hydrogen) atoms. The molecule has 1 rings (SSSR count). The fourth-order valence-electron chi connectivity index (χ4n) is 1.94. The van der Waals surface area contributed by atoms with Crippen molar-refractivity contribution in [2.24, 2.45) is 0 Å². The number of amides is 2. The second-order valence-corrected chi connectivity index (χ2v) is 6.67. The van der Waals surface area contributed by atoms with Crippen LogP contribution >= 0.6 is 0 Å². The van der Waals surface area contributed by atoms with E-state index in [0.29, 0.717) is 43.4 Å². The fourth-order valence-corrected chi connectivity index (χ4v) is 1.94. The van der Waals surface area contributed by atoms with Crippen LogP contribution in [0.3, 0.4) is 0 Å². The number of carbonyl (C=O) groups is 2. The van der Waals surface area contributed by atoms with Crippen LogP contribution in [-0.4, -0.2) is 54.3 Å². The van der Waals surface area contributed by atoms with Gasteiger partial charge in [-0.1, -0.05) is 6.92 Å². The molecule has 0 aliphatic rings. The molecule has 0 saturated carbocycles. The number of ether oxygens (including phenoxy) is 1. The van der Waals surface area contributed by atoms with E-state index in [1.807, 2.05) is 6.92 Å². The van der Waals surface area contributed by atoms with E-state index in [0.717, 1.165) is 6.42 Å². The molecule has 0 fully saturated rings. The highest BCUT2D eigenvalue weighted by molar-refractivity contribution is 5.98. The van der Waals surface area contributed by atoms with Gasteiger partial charge in [-0.3, -0.25) is 4.79 Å². The van der Waals surface area contributed by atoms with Gasteiger partial charge in [0.25, 0.3) is 5.91 Å². The predicted molar refractivity (Wildman–Crippen MR) is 102 cm³/mol. The minimum atomic E-state index is -0.528. The minimum Gasteiger partial charge on any atom is -0.444 e. The Morgan fingerprint density at radius 1 is 1.15 bits per heavy atom. The van der Waals surface area contributed by atoms with Crippen molar-refractivity contribution in [2.75, 3.05) is 37.3 Å². The number of alkyl carbamates (subject to hydrolysis) is 1. The van der Waals surface area contributed by atoms with Gasteiger partial charge >= 0.3 is 6.09 Å². The van der Waals surface area contributed by atoms with Crippen molar-refractivity contribution in [3.63, 3.8) is 0 Å². The summed E-state index contributed by atoms with van der Waals surface area (Å²) in [7, 11) is 1.72. The van der Waals surface area contributed by atoms with Crippen molar-refractivity contribution in [1.29, 1.82) is 0 Å². The molecule has 146 valence electrons. The maximum Gasteiger partial charge on any atom is 0.407 e. The van der Waals surface area contributed by atoms with E-state index >= 15 is 0 Å². The summed E-state index contributed by atoms with van der Waals surface area (Å²) in [5, 5.41) is 11.4. The number of hydrogen-bond donors (Lipinski definition) is 4. The first-order chi connectivity index (χ1) is 12.3. The van der Waals surface area contributed by atoms with Crippen LogP contribution in [0.1, 0.15) is 50.9 Å². The number of hydrogen-bond acceptors (Lipinski definition) is 7. The number of anilines is 2. The number of nitrogens with zero attached hydrogens (tertiary/aromatic N) is 2. The van der Waals surface area contributed by atoms with Gasteiger partial charge in [0.15, 0.2) is 0 Å². The van der Waals surface area contributed by atoms with Crippen LogP contribution in [0.5, 0.6) is 0 Å². The van der Waals surface area contributed by atoms with Crippen LogP contribution in [0, 0.1) is 0 Å². The van der Waals surface area contributed by atoms with E-state index in [1.165, 1.54) is 6.20 Å². The summed E-state index contributed by atoms with van der Waals surface area (Å²) in [4.78, 5) is 32.3. The molecule has 0 saturated heterocycles. The molecular weight excluding hydrogens is 336 g/mol. The van der Waals surface area contributed by atoms with E-state index in [-0.39, 0.29) is 5.91 Å². The Labute approximate surface area is 154 Å². The third-order valence-corrected chi connectivity index (χ3v) is 3.11. The highest BCUT2D eigenvalue weighted by Gasteiger charge is 2.16. The summed E-state index contributed by atoms with van der Waals surface area (Å²) in [6.07, 6.45) is 2.52. The van der Waals surface area contributed by atoms with Gasteiger partial charge in [-0.25, -0.2) is 9.78 Å². The zero-order valence-electron chi connectivity index (χ0n) is 16.2. The molecule has 1 aromatic rings.